The van der Waals surface area contributed by atoms with Crippen LogP contribution in [0.3, 0.4) is 0 Å². The van der Waals surface area contributed by atoms with E-state index in [1.807, 2.05) is 0 Å². The summed E-state index contributed by atoms with van der Waals surface area (Å²) in [5, 5.41) is 5.38. The molecule has 15 heavy (non-hydrogen) atoms. The van der Waals surface area contributed by atoms with Gasteiger partial charge in [0.2, 0.25) is 0 Å². The quantitative estimate of drug-likeness (QED) is 0.769. The van der Waals surface area contributed by atoms with Crippen molar-refractivity contribution in [3.8, 4) is 0 Å². The monoisotopic (exact) mass is 227 g/mol. The van der Waals surface area contributed by atoms with Gasteiger partial charge in [-0.1, -0.05) is 0 Å². The zero-order valence-corrected chi connectivity index (χ0v) is 9.05. The average molecular weight is 227 g/mol. The Morgan fingerprint density at radius 2 is 2.67 bits per heavy atom. The Labute approximate surface area is 91.6 Å². The van der Waals surface area contributed by atoms with Gasteiger partial charge in [0.1, 0.15) is 10.7 Å². The molecule has 1 unspecified atom stereocenters. The fourth-order valence-electron chi connectivity index (χ4n) is 1.42. The van der Waals surface area contributed by atoms with E-state index in [2.05, 4.69) is 10.3 Å². The largest absolute Gasteiger partial charge is 0.379 e. The van der Waals surface area contributed by atoms with Crippen molar-refractivity contribution in [2.75, 3.05) is 13.2 Å². The molecule has 1 atom stereocenters. The fourth-order valence-corrected chi connectivity index (χ4v) is 2.07. The Hall–Kier alpha value is -0.980. The number of nitrogens with two attached hydrogens (primary N) is 1. The van der Waals surface area contributed by atoms with Crippen LogP contribution in [0.5, 0.6) is 0 Å². The minimum absolute atomic E-state index is 0.125. The second kappa shape index (κ2) is 4.69. The third-order valence-corrected chi connectivity index (χ3v) is 3.10. The van der Waals surface area contributed by atoms with Gasteiger partial charge in [-0.3, -0.25) is 4.79 Å². The lowest BCUT2D eigenvalue weighted by Crippen LogP contribution is -2.35. The van der Waals surface area contributed by atoms with Gasteiger partial charge in [-0.15, -0.1) is 11.3 Å². The number of rotatable bonds is 3. The molecule has 2 heterocycles. The molecule has 1 fully saturated rings. The van der Waals surface area contributed by atoms with Gasteiger partial charge in [-0.2, -0.15) is 0 Å². The predicted molar refractivity (Wildman–Crippen MR) is 56.7 cm³/mol. The van der Waals surface area contributed by atoms with Crippen molar-refractivity contribution in [2.24, 2.45) is 5.73 Å². The first-order chi connectivity index (χ1) is 7.29. The summed E-state index contributed by atoms with van der Waals surface area (Å²) in [5.74, 6) is -0.138. The van der Waals surface area contributed by atoms with Gasteiger partial charge in [0, 0.05) is 18.5 Å². The first kappa shape index (κ1) is 10.5. The van der Waals surface area contributed by atoms with Crippen LogP contribution in [0.4, 0.5) is 0 Å². The van der Waals surface area contributed by atoms with E-state index in [9.17, 15) is 4.79 Å². The third kappa shape index (κ3) is 2.53. The van der Waals surface area contributed by atoms with Gasteiger partial charge >= 0.3 is 0 Å². The zero-order chi connectivity index (χ0) is 10.7. The minimum Gasteiger partial charge on any atom is -0.379 e. The Morgan fingerprint density at radius 3 is 3.27 bits per heavy atom. The van der Waals surface area contributed by atoms with E-state index < -0.39 is 0 Å². The molecule has 82 valence electrons. The zero-order valence-electron chi connectivity index (χ0n) is 8.23. The summed E-state index contributed by atoms with van der Waals surface area (Å²) in [7, 11) is 0. The molecule has 2 rings (SSSR count). The minimum atomic E-state index is -0.138. The van der Waals surface area contributed by atoms with Gasteiger partial charge in [0.15, 0.2) is 0 Å². The highest BCUT2D eigenvalue weighted by Crippen LogP contribution is 2.10. The third-order valence-electron chi connectivity index (χ3n) is 2.22. The molecule has 0 aromatic carbocycles. The number of carbonyl (C=O) groups is 1. The molecule has 0 spiro atoms. The summed E-state index contributed by atoms with van der Waals surface area (Å²) in [6, 6.07) is 0.125. The SMILES string of the molecule is NCc1nc(C(=O)NC2CCOC2)cs1. The molecule has 0 radical (unpaired) electrons. The van der Waals surface area contributed by atoms with E-state index in [0.717, 1.165) is 18.0 Å². The molecule has 1 aromatic rings. The molecule has 1 aromatic heterocycles. The number of amides is 1. The van der Waals surface area contributed by atoms with Gasteiger partial charge in [-0.05, 0) is 6.42 Å². The first-order valence-electron chi connectivity index (χ1n) is 4.82. The summed E-state index contributed by atoms with van der Waals surface area (Å²) in [6.45, 7) is 1.69. The van der Waals surface area contributed by atoms with Crippen LogP contribution in [0.2, 0.25) is 0 Å². The molecule has 1 aliphatic heterocycles. The highest BCUT2D eigenvalue weighted by molar-refractivity contribution is 7.09. The number of hydrogen-bond donors (Lipinski definition) is 2. The molecule has 6 heteroatoms. The second-order valence-electron chi connectivity index (χ2n) is 3.36. The number of nitrogens with one attached hydrogen (secondary N) is 1. The fraction of sp³-hybridized carbons (Fsp3) is 0.556. The standard InChI is InChI=1S/C9H13N3O2S/c10-3-8-12-7(5-15-8)9(13)11-6-1-2-14-4-6/h5-6H,1-4,10H2,(H,11,13). The van der Waals surface area contributed by atoms with E-state index in [1.54, 1.807) is 5.38 Å². The van der Waals surface area contributed by atoms with Crippen LogP contribution in [0.25, 0.3) is 0 Å². The Bertz CT molecular complexity index is 347. The molecule has 1 saturated heterocycles. The normalized spacial score (nSPS) is 20.5. The molecular weight excluding hydrogens is 214 g/mol. The summed E-state index contributed by atoms with van der Waals surface area (Å²) in [4.78, 5) is 15.8. The number of nitrogens with zero attached hydrogens (tertiary/aromatic N) is 1. The molecule has 1 aliphatic rings. The average Bonchev–Trinajstić information content (AvgIpc) is 2.86. The highest BCUT2D eigenvalue weighted by atomic mass is 32.1. The van der Waals surface area contributed by atoms with Crippen LogP contribution < -0.4 is 11.1 Å². The van der Waals surface area contributed by atoms with Crippen LogP contribution >= 0.6 is 11.3 Å². The lowest BCUT2D eigenvalue weighted by Gasteiger charge is -2.08. The van der Waals surface area contributed by atoms with Gasteiger partial charge in [0.25, 0.3) is 5.91 Å². The van der Waals surface area contributed by atoms with Crippen LogP contribution in [0.15, 0.2) is 5.38 Å². The highest BCUT2D eigenvalue weighted by Gasteiger charge is 2.19. The number of thiazole rings is 1. The number of hydrogen-bond acceptors (Lipinski definition) is 5. The molecule has 1 amide bonds. The Balaban J connectivity index is 1.94. The molecule has 0 aliphatic carbocycles. The summed E-state index contributed by atoms with van der Waals surface area (Å²) in [6.07, 6.45) is 0.875. The molecule has 3 N–H and O–H groups in total. The van der Waals surface area contributed by atoms with Crippen LogP contribution in [-0.2, 0) is 11.3 Å². The predicted octanol–water partition coefficient (Wildman–Crippen LogP) is 0.120. The van der Waals surface area contributed by atoms with Crippen molar-refractivity contribution >= 4 is 17.2 Å². The maximum Gasteiger partial charge on any atom is 0.271 e. The number of carbonyl (C=O) groups excluding carboxylic acids is 1. The first-order valence-corrected chi connectivity index (χ1v) is 5.70. The lowest BCUT2D eigenvalue weighted by molar-refractivity contribution is 0.0925. The van der Waals surface area contributed by atoms with Gasteiger partial charge in [-0.25, -0.2) is 4.98 Å². The maximum absolute atomic E-state index is 11.7. The van der Waals surface area contributed by atoms with E-state index in [4.69, 9.17) is 10.5 Å². The van der Waals surface area contributed by atoms with Crippen LogP contribution in [-0.4, -0.2) is 30.1 Å². The van der Waals surface area contributed by atoms with Gasteiger partial charge < -0.3 is 15.8 Å². The Morgan fingerprint density at radius 1 is 1.80 bits per heavy atom. The van der Waals surface area contributed by atoms with E-state index >= 15 is 0 Å². The van der Waals surface area contributed by atoms with Crippen molar-refractivity contribution < 1.29 is 9.53 Å². The van der Waals surface area contributed by atoms with E-state index in [-0.39, 0.29) is 11.9 Å². The van der Waals surface area contributed by atoms with E-state index in [0.29, 0.717) is 18.8 Å². The summed E-state index contributed by atoms with van der Waals surface area (Å²) in [5.41, 5.74) is 5.87. The lowest BCUT2D eigenvalue weighted by atomic mass is 10.2. The maximum atomic E-state index is 11.7. The summed E-state index contributed by atoms with van der Waals surface area (Å²) >= 11 is 1.41. The Kier molecular flexibility index (Phi) is 3.30. The summed E-state index contributed by atoms with van der Waals surface area (Å²) < 4.78 is 5.17. The molecular formula is C9H13N3O2S. The number of aromatic nitrogens is 1. The van der Waals surface area contributed by atoms with Gasteiger partial charge in [0.05, 0.1) is 12.6 Å². The van der Waals surface area contributed by atoms with Crippen molar-refractivity contribution in [1.82, 2.24) is 10.3 Å². The van der Waals surface area contributed by atoms with Crippen molar-refractivity contribution in [3.63, 3.8) is 0 Å². The molecule has 0 bridgehead atoms. The van der Waals surface area contributed by atoms with Crippen LogP contribution in [0.1, 0.15) is 21.9 Å². The molecule has 0 saturated carbocycles. The second-order valence-corrected chi connectivity index (χ2v) is 4.31. The van der Waals surface area contributed by atoms with Crippen molar-refractivity contribution in [2.45, 2.75) is 19.0 Å². The van der Waals surface area contributed by atoms with E-state index in [1.165, 1.54) is 11.3 Å². The number of ether oxygens (including phenoxy) is 1. The smallest absolute Gasteiger partial charge is 0.271 e. The van der Waals surface area contributed by atoms with Crippen molar-refractivity contribution in [3.05, 3.63) is 16.1 Å². The van der Waals surface area contributed by atoms with Crippen LogP contribution in [0, 0.1) is 0 Å². The van der Waals surface area contributed by atoms with Crippen molar-refractivity contribution in [1.29, 1.82) is 0 Å². The topological polar surface area (TPSA) is 77.2 Å². The molecule has 5 nitrogen and oxygen atoms in total.